The molecular formula is C13H20. The highest BCUT2D eigenvalue weighted by Gasteiger charge is 2.67. The summed E-state index contributed by atoms with van der Waals surface area (Å²) < 4.78 is 0. The van der Waals surface area contributed by atoms with E-state index in [0.29, 0.717) is 0 Å². The van der Waals surface area contributed by atoms with Gasteiger partial charge in [-0.3, -0.25) is 0 Å². The van der Waals surface area contributed by atoms with Gasteiger partial charge in [-0.2, -0.15) is 0 Å². The van der Waals surface area contributed by atoms with Gasteiger partial charge in [0.2, 0.25) is 0 Å². The molecule has 0 aromatic rings. The molecule has 0 amide bonds. The molecule has 0 bridgehead atoms. The highest BCUT2D eigenvalue weighted by atomic mass is 14.7. The van der Waals surface area contributed by atoms with Crippen molar-refractivity contribution in [1.29, 1.82) is 0 Å². The number of hydrogen-bond donors (Lipinski definition) is 0. The molecular weight excluding hydrogens is 156 g/mol. The van der Waals surface area contributed by atoms with Gasteiger partial charge in [0.05, 0.1) is 0 Å². The minimum atomic E-state index is 0.957. The lowest BCUT2D eigenvalue weighted by Gasteiger charge is -2.60. The number of hydrogen-bond acceptors (Lipinski definition) is 0. The zero-order chi connectivity index (χ0) is 8.47. The predicted molar refractivity (Wildman–Crippen MR) is 53.3 cm³/mol. The molecule has 0 heteroatoms. The molecule has 13 heavy (non-hydrogen) atoms. The fourth-order valence-corrected chi connectivity index (χ4v) is 6.03. The maximum atomic E-state index is 1.63. The van der Waals surface area contributed by atoms with E-state index in [9.17, 15) is 0 Å². The Bertz CT molecular complexity index is 242. The van der Waals surface area contributed by atoms with E-state index >= 15 is 0 Å². The summed E-state index contributed by atoms with van der Waals surface area (Å²) >= 11 is 0. The maximum absolute atomic E-state index is 1.63. The lowest BCUT2D eigenvalue weighted by atomic mass is 9.45. The number of rotatable bonds is 0. The molecule has 5 atom stereocenters. The quantitative estimate of drug-likeness (QED) is 0.529. The van der Waals surface area contributed by atoms with Crippen LogP contribution in [-0.2, 0) is 0 Å². The van der Waals surface area contributed by atoms with Crippen LogP contribution in [0.5, 0.6) is 0 Å². The summed E-state index contributed by atoms with van der Waals surface area (Å²) in [5.41, 5.74) is 0.957. The SMILES string of the molecule is C1CC2CCC3CCC4CC(C1)C234. The molecule has 5 unspecified atom stereocenters. The van der Waals surface area contributed by atoms with Crippen molar-refractivity contribution < 1.29 is 0 Å². The first-order valence-electron chi connectivity index (χ1n) is 6.42. The van der Waals surface area contributed by atoms with Gasteiger partial charge in [0.15, 0.2) is 0 Å². The fraction of sp³-hybridized carbons (Fsp3) is 1.00. The Morgan fingerprint density at radius 2 is 1.15 bits per heavy atom. The van der Waals surface area contributed by atoms with Gasteiger partial charge in [-0.25, -0.2) is 0 Å². The molecule has 4 fully saturated rings. The minimum Gasteiger partial charge on any atom is -0.0527 e. The van der Waals surface area contributed by atoms with E-state index in [1.165, 1.54) is 23.7 Å². The largest absolute Gasteiger partial charge is 0.0527 e. The van der Waals surface area contributed by atoms with Crippen LogP contribution in [0.15, 0.2) is 0 Å². The van der Waals surface area contributed by atoms with E-state index in [4.69, 9.17) is 0 Å². The van der Waals surface area contributed by atoms with Crippen molar-refractivity contribution in [2.24, 2.45) is 29.1 Å². The van der Waals surface area contributed by atoms with Gasteiger partial charge in [-0.05, 0) is 74.0 Å². The van der Waals surface area contributed by atoms with E-state index in [0.717, 1.165) is 5.41 Å². The van der Waals surface area contributed by atoms with Crippen LogP contribution in [0, 0.1) is 29.1 Å². The molecule has 1 spiro atoms. The predicted octanol–water partition coefficient (Wildman–Crippen LogP) is 3.61. The Hall–Kier alpha value is 0. The maximum Gasteiger partial charge on any atom is -0.0184 e. The summed E-state index contributed by atoms with van der Waals surface area (Å²) in [7, 11) is 0. The molecule has 0 saturated heterocycles. The van der Waals surface area contributed by atoms with Crippen molar-refractivity contribution in [2.75, 3.05) is 0 Å². The Kier molecular flexibility index (Phi) is 1.21. The fourth-order valence-electron chi connectivity index (χ4n) is 6.03. The van der Waals surface area contributed by atoms with Crippen molar-refractivity contribution in [1.82, 2.24) is 0 Å². The zero-order valence-electron chi connectivity index (χ0n) is 8.47. The van der Waals surface area contributed by atoms with Gasteiger partial charge in [0.25, 0.3) is 0 Å². The molecule has 0 N–H and O–H groups in total. The molecule has 0 aliphatic heterocycles. The van der Waals surface area contributed by atoms with Gasteiger partial charge in [-0.15, -0.1) is 0 Å². The van der Waals surface area contributed by atoms with E-state index < -0.39 is 0 Å². The first-order chi connectivity index (χ1) is 6.42. The second kappa shape index (κ2) is 2.15. The normalized spacial score (nSPS) is 62.8. The second-order valence-electron chi connectivity index (χ2n) is 6.11. The van der Waals surface area contributed by atoms with E-state index in [2.05, 4.69) is 0 Å². The summed E-state index contributed by atoms with van der Waals surface area (Å²) in [5.74, 6) is 4.79. The topological polar surface area (TPSA) is 0 Å². The van der Waals surface area contributed by atoms with Crippen LogP contribution in [0.3, 0.4) is 0 Å². The minimum absolute atomic E-state index is 0.957. The van der Waals surface area contributed by atoms with Crippen LogP contribution in [0.2, 0.25) is 0 Å². The smallest absolute Gasteiger partial charge is 0.0184 e. The molecule has 0 nitrogen and oxygen atoms in total. The van der Waals surface area contributed by atoms with Crippen LogP contribution >= 0.6 is 0 Å². The van der Waals surface area contributed by atoms with Crippen molar-refractivity contribution in [2.45, 2.75) is 51.4 Å². The van der Waals surface area contributed by atoms with Crippen molar-refractivity contribution in [3.63, 3.8) is 0 Å². The third-order valence-electron chi connectivity index (χ3n) is 6.23. The molecule has 0 aromatic carbocycles. The Labute approximate surface area is 81.1 Å². The van der Waals surface area contributed by atoms with Gasteiger partial charge in [-0.1, -0.05) is 6.42 Å². The third kappa shape index (κ3) is 0.620. The van der Waals surface area contributed by atoms with Crippen LogP contribution in [0.4, 0.5) is 0 Å². The first-order valence-corrected chi connectivity index (χ1v) is 6.42. The van der Waals surface area contributed by atoms with Gasteiger partial charge in [0, 0.05) is 0 Å². The lowest BCUT2D eigenvalue weighted by Crippen LogP contribution is -2.53. The van der Waals surface area contributed by atoms with Crippen LogP contribution in [0.25, 0.3) is 0 Å². The third-order valence-corrected chi connectivity index (χ3v) is 6.23. The second-order valence-corrected chi connectivity index (χ2v) is 6.11. The Balaban J connectivity index is 1.81. The summed E-state index contributed by atoms with van der Waals surface area (Å²) in [4.78, 5) is 0. The average Bonchev–Trinajstić information content (AvgIpc) is 2.56. The summed E-state index contributed by atoms with van der Waals surface area (Å²) in [5, 5.41) is 0. The van der Waals surface area contributed by atoms with E-state index in [1.54, 1.807) is 51.4 Å². The molecule has 0 heterocycles. The molecule has 72 valence electrons. The molecule has 4 aliphatic carbocycles. The summed E-state index contributed by atoms with van der Waals surface area (Å²) in [6.07, 6.45) is 12.8. The van der Waals surface area contributed by atoms with Crippen LogP contribution < -0.4 is 0 Å². The van der Waals surface area contributed by atoms with Gasteiger partial charge in [0.1, 0.15) is 0 Å². The molecule has 4 rings (SSSR count). The standard InChI is InChI=1S/C13H20/c1-2-9-4-5-10-6-7-12-8-11(3-1)13(9,10)12/h9-12H,1-8H2. The van der Waals surface area contributed by atoms with Crippen molar-refractivity contribution >= 4 is 0 Å². The van der Waals surface area contributed by atoms with E-state index in [-0.39, 0.29) is 0 Å². The first kappa shape index (κ1) is 7.31. The molecule has 0 radical (unpaired) electrons. The van der Waals surface area contributed by atoms with Gasteiger partial charge >= 0.3 is 0 Å². The van der Waals surface area contributed by atoms with Crippen molar-refractivity contribution in [3.8, 4) is 0 Å². The molecule has 0 aromatic heterocycles. The molecule has 4 saturated carbocycles. The van der Waals surface area contributed by atoms with Crippen LogP contribution in [0.1, 0.15) is 51.4 Å². The Morgan fingerprint density at radius 1 is 0.615 bits per heavy atom. The average molecular weight is 176 g/mol. The zero-order valence-corrected chi connectivity index (χ0v) is 8.47. The summed E-state index contributed by atoms with van der Waals surface area (Å²) in [6.45, 7) is 0. The van der Waals surface area contributed by atoms with E-state index in [1.807, 2.05) is 0 Å². The van der Waals surface area contributed by atoms with Gasteiger partial charge < -0.3 is 0 Å². The lowest BCUT2D eigenvalue weighted by molar-refractivity contribution is -0.113. The highest BCUT2D eigenvalue weighted by Crippen LogP contribution is 2.75. The van der Waals surface area contributed by atoms with Crippen molar-refractivity contribution in [3.05, 3.63) is 0 Å². The highest BCUT2D eigenvalue weighted by molar-refractivity contribution is 5.16. The van der Waals surface area contributed by atoms with Crippen LogP contribution in [-0.4, -0.2) is 0 Å². The molecule has 4 aliphatic rings. The summed E-state index contributed by atoms with van der Waals surface area (Å²) in [6, 6.07) is 0. The Morgan fingerprint density at radius 3 is 2.00 bits per heavy atom. The monoisotopic (exact) mass is 176 g/mol.